The van der Waals surface area contributed by atoms with E-state index in [-0.39, 0.29) is 24.3 Å². The zero-order chi connectivity index (χ0) is 17.3. The number of hydrogen-bond donors (Lipinski definition) is 2. The molecule has 2 aromatic heterocycles. The summed E-state index contributed by atoms with van der Waals surface area (Å²) >= 11 is 1.57. The monoisotopic (exact) mass is 336 g/mol. The summed E-state index contributed by atoms with van der Waals surface area (Å²) in [5, 5.41) is 20.2. The van der Waals surface area contributed by atoms with Gasteiger partial charge in [0.2, 0.25) is 5.91 Å². The van der Waals surface area contributed by atoms with Gasteiger partial charge in [-0.3, -0.25) is 9.48 Å². The third kappa shape index (κ3) is 4.62. The Bertz CT molecular complexity index is 682. The van der Waals surface area contributed by atoms with Gasteiger partial charge in [-0.25, -0.2) is 4.98 Å². The molecule has 2 aromatic rings. The van der Waals surface area contributed by atoms with E-state index in [1.54, 1.807) is 42.4 Å². The molecular weight excluding hydrogens is 312 g/mol. The molecule has 0 fully saturated rings. The highest BCUT2D eigenvalue weighted by molar-refractivity contribution is 7.09. The smallest absolute Gasteiger partial charge is 0.226 e. The van der Waals surface area contributed by atoms with Crippen molar-refractivity contribution in [3.05, 3.63) is 34.0 Å². The fourth-order valence-corrected chi connectivity index (χ4v) is 2.94. The molecule has 2 heterocycles. The van der Waals surface area contributed by atoms with Gasteiger partial charge in [-0.05, 0) is 6.92 Å². The molecule has 0 aliphatic heterocycles. The number of carbonyl (C=O) groups excluding carboxylic acids is 1. The number of hydrogen-bond acceptors (Lipinski definition) is 5. The molecule has 126 valence electrons. The van der Waals surface area contributed by atoms with Crippen molar-refractivity contribution >= 4 is 17.2 Å². The van der Waals surface area contributed by atoms with Crippen molar-refractivity contribution in [1.29, 1.82) is 0 Å². The maximum absolute atomic E-state index is 12.1. The largest absolute Gasteiger partial charge is 0.383 e. The van der Waals surface area contributed by atoms with Gasteiger partial charge in [0.1, 0.15) is 5.60 Å². The average Bonchev–Trinajstić information content (AvgIpc) is 3.05. The molecule has 0 spiro atoms. The molecule has 6 nitrogen and oxygen atoms in total. The van der Waals surface area contributed by atoms with Crippen LogP contribution in [0, 0.1) is 0 Å². The van der Waals surface area contributed by atoms with Crippen molar-refractivity contribution in [1.82, 2.24) is 20.1 Å². The highest BCUT2D eigenvalue weighted by atomic mass is 32.1. The van der Waals surface area contributed by atoms with Crippen LogP contribution in [0.4, 0.5) is 0 Å². The third-order valence-corrected chi connectivity index (χ3v) is 4.81. The van der Waals surface area contributed by atoms with Crippen LogP contribution in [0.25, 0.3) is 0 Å². The maximum Gasteiger partial charge on any atom is 0.226 e. The Kier molecular flexibility index (Phi) is 4.91. The summed E-state index contributed by atoms with van der Waals surface area (Å²) in [5.74, 6) is -0.153. The van der Waals surface area contributed by atoms with Crippen LogP contribution in [-0.2, 0) is 29.3 Å². The van der Waals surface area contributed by atoms with Crippen LogP contribution >= 0.6 is 11.3 Å². The summed E-state index contributed by atoms with van der Waals surface area (Å²) < 4.78 is 1.62. The minimum Gasteiger partial charge on any atom is -0.383 e. The lowest BCUT2D eigenvalue weighted by atomic mass is 9.98. The van der Waals surface area contributed by atoms with E-state index in [1.165, 1.54) is 0 Å². The second kappa shape index (κ2) is 6.41. The molecule has 2 N–H and O–H groups in total. The van der Waals surface area contributed by atoms with Crippen molar-refractivity contribution in [2.75, 3.05) is 6.54 Å². The first kappa shape index (κ1) is 17.6. The van der Waals surface area contributed by atoms with E-state index in [0.717, 1.165) is 10.7 Å². The number of thiazole rings is 1. The summed E-state index contributed by atoms with van der Waals surface area (Å²) in [6.45, 7) is 8.08. The van der Waals surface area contributed by atoms with Crippen molar-refractivity contribution in [3.63, 3.8) is 0 Å². The normalized spacial score (nSPS) is 14.5. The predicted octanol–water partition coefficient (Wildman–Crippen LogP) is 1.74. The van der Waals surface area contributed by atoms with E-state index in [9.17, 15) is 9.90 Å². The Morgan fingerprint density at radius 2 is 2.09 bits per heavy atom. The number of nitrogens with one attached hydrogen (secondary N) is 1. The zero-order valence-corrected chi connectivity index (χ0v) is 15.1. The predicted molar refractivity (Wildman–Crippen MR) is 90.3 cm³/mol. The van der Waals surface area contributed by atoms with E-state index in [0.29, 0.717) is 5.56 Å². The van der Waals surface area contributed by atoms with Gasteiger partial charge >= 0.3 is 0 Å². The molecule has 0 aliphatic carbocycles. The van der Waals surface area contributed by atoms with Gasteiger partial charge < -0.3 is 10.4 Å². The average molecular weight is 336 g/mol. The number of nitrogens with zero attached hydrogens (tertiary/aromatic N) is 3. The summed E-state index contributed by atoms with van der Waals surface area (Å²) in [5.41, 5.74) is 0.272. The fourth-order valence-electron chi connectivity index (χ4n) is 2.03. The standard InChI is InChI=1S/C16H24N4O2S/c1-15(2,3)14-19-12(9-23-14)6-13(21)17-10-16(4,22)11-7-18-20(5)8-11/h7-9,22H,6,10H2,1-5H3,(H,17,21). The van der Waals surface area contributed by atoms with E-state index in [4.69, 9.17) is 0 Å². The summed E-state index contributed by atoms with van der Waals surface area (Å²) in [6.07, 6.45) is 3.56. The molecule has 1 amide bonds. The Hall–Kier alpha value is -1.73. The summed E-state index contributed by atoms with van der Waals surface area (Å²) in [6, 6.07) is 0. The van der Waals surface area contributed by atoms with Crippen LogP contribution in [0.3, 0.4) is 0 Å². The van der Waals surface area contributed by atoms with Crippen LogP contribution in [0.15, 0.2) is 17.8 Å². The molecule has 0 aromatic carbocycles. The molecule has 2 rings (SSSR count). The zero-order valence-electron chi connectivity index (χ0n) is 14.3. The minimum atomic E-state index is -1.15. The molecule has 1 unspecified atom stereocenters. The highest BCUT2D eigenvalue weighted by Crippen LogP contribution is 2.25. The summed E-state index contributed by atoms with van der Waals surface area (Å²) in [7, 11) is 1.78. The Morgan fingerprint density at radius 1 is 1.39 bits per heavy atom. The Balaban J connectivity index is 1.91. The van der Waals surface area contributed by atoms with Gasteiger partial charge in [0.05, 0.1) is 29.9 Å². The van der Waals surface area contributed by atoms with Gasteiger partial charge in [0, 0.05) is 29.6 Å². The lowest BCUT2D eigenvalue weighted by Crippen LogP contribution is -2.39. The van der Waals surface area contributed by atoms with E-state index >= 15 is 0 Å². The first-order valence-electron chi connectivity index (χ1n) is 7.51. The molecule has 0 aliphatic rings. The molecular formula is C16H24N4O2S. The van der Waals surface area contributed by atoms with Crippen molar-refractivity contribution in [2.45, 2.75) is 45.1 Å². The van der Waals surface area contributed by atoms with Gasteiger partial charge in [-0.1, -0.05) is 20.8 Å². The second-order valence-electron chi connectivity index (χ2n) is 7.02. The molecule has 0 bridgehead atoms. The SMILES string of the molecule is Cn1cc(C(C)(O)CNC(=O)Cc2csc(C(C)(C)C)n2)cn1. The van der Waals surface area contributed by atoms with Gasteiger partial charge in [0.25, 0.3) is 0 Å². The molecule has 7 heteroatoms. The second-order valence-corrected chi connectivity index (χ2v) is 7.88. The van der Waals surface area contributed by atoms with Gasteiger partial charge in [-0.15, -0.1) is 11.3 Å². The number of aromatic nitrogens is 3. The van der Waals surface area contributed by atoms with Crippen LogP contribution in [0.5, 0.6) is 0 Å². The van der Waals surface area contributed by atoms with Crippen LogP contribution in [-0.4, -0.2) is 32.3 Å². The van der Waals surface area contributed by atoms with Crippen molar-refractivity contribution < 1.29 is 9.90 Å². The van der Waals surface area contributed by atoms with Crippen LogP contribution in [0.2, 0.25) is 0 Å². The molecule has 0 radical (unpaired) electrons. The topological polar surface area (TPSA) is 80.0 Å². The Morgan fingerprint density at radius 3 is 2.61 bits per heavy atom. The van der Waals surface area contributed by atoms with Crippen LogP contribution in [0.1, 0.15) is 44.0 Å². The Labute approximate surface area is 140 Å². The van der Waals surface area contributed by atoms with Gasteiger partial charge in [-0.2, -0.15) is 5.10 Å². The fraction of sp³-hybridized carbons (Fsp3) is 0.562. The first-order valence-corrected chi connectivity index (χ1v) is 8.39. The molecule has 0 saturated carbocycles. The minimum absolute atomic E-state index is 0.0105. The first-order chi connectivity index (χ1) is 10.6. The molecule has 0 saturated heterocycles. The quantitative estimate of drug-likeness (QED) is 0.871. The summed E-state index contributed by atoms with van der Waals surface area (Å²) in [4.78, 5) is 16.6. The maximum atomic E-state index is 12.1. The number of carbonyl (C=O) groups is 1. The lowest BCUT2D eigenvalue weighted by molar-refractivity contribution is -0.121. The van der Waals surface area contributed by atoms with E-state index in [2.05, 4.69) is 36.2 Å². The van der Waals surface area contributed by atoms with Crippen LogP contribution < -0.4 is 5.32 Å². The number of aliphatic hydroxyl groups is 1. The highest BCUT2D eigenvalue weighted by Gasteiger charge is 2.25. The lowest BCUT2D eigenvalue weighted by Gasteiger charge is -2.22. The number of rotatable bonds is 5. The third-order valence-electron chi connectivity index (χ3n) is 3.49. The van der Waals surface area contributed by atoms with Gasteiger partial charge in [0.15, 0.2) is 0 Å². The van der Waals surface area contributed by atoms with E-state index in [1.807, 2.05) is 5.38 Å². The van der Waals surface area contributed by atoms with Crippen molar-refractivity contribution in [2.24, 2.45) is 7.05 Å². The van der Waals surface area contributed by atoms with Crippen molar-refractivity contribution in [3.8, 4) is 0 Å². The molecule has 1 atom stereocenters. The number of aryl methyl sites for hydroxylation is 1. The number of amides is 1. The van der Waals surface area contributed by atoms with E-state index < -0.39 is 5.60 Å². The molecule has 23 heavy (non-hydrogen) atoms.